The predicted octanol–water partition coefficient (Wildman–Crippen LogP) is 2.45. The van der Waals surface area contributed by atoms with Crippen molar-refractivity contribution in [1.82, 2.24) is 34.2 Å². The van der Waals surface area contributed by atoms with Crippen LogP contribution >= 0.6 is 0 Å². The Hall–Kier alpha value is -2.54. The van der Waals surface area contributed by atoms with Gasteiger partial charge in [0.25, 0.3) is 0 Å². The molecule has 0 amide bonds. The van der Waals surface area contributed by atoms with E-state index >= 15 is 0 Å². The second-order valence-corrected chi connectivity index (χ2v) is 7.46. The van der Waals surface area contributed by atoms with Crippen molar-refractivity contribution in [3.63, 3.8) is 0 Å². The van der Waals surface area contributed by atoms with Crippen LogP contribution in [0.15, 0.2) is 30.6 Å². The lowest BCUT2D eigenvalue weighted by molar-refractivity contribution is 0.198. The predicted molar refractivity (Wildman–Crippen MR) is 103 cm³/mol. The zero-order chi connectivity index (χ0) is 18.8. The largest absolute Gasteiger partial charge is 0.328 e. The average Bonchev–Trinajstić information content (AvgIpc) is 3.22. The van der Waals surface area contributed by atoms with Gasteiger partial charge in [-0.05, 0) is 51.9 Å². The Morgan fingerprint density at radius 2 is 1.89 bits per heavy atom. The normalized spacial score (nSPS) is 16.1. The lowest BCUT2D eigenvalue weighted by Crippen LogP contribution is -2.33. The highest BCUT2D eigenvalue weighted by atomic mass is 15.3. The van der Waals surface area contributed by atoms with E-state index in [1.165, 1.54) is 0 Å². The van der Waals surface area contributed by atoms with Crippen LogP contribution in [0.1, 0.15) is 47.6 Å². The van der Waals surface area contributed by atoms with Gasteiger partial charge in [0.1, 0.15) is 11.6 Å². The molecule has 0 bridgehead atoms. The maximum absolute atomic E-state index is 4.63. The van der Waals surface area contributed by atoms with Gasteiger partial charge >= 0.3 is 0 Å². The first-order valence-corrected chi connectivity index (χ1v) is 9.61. The average molecular weight is 365 g/mol. The molecule has 0 aliphatic carbocycles. The number of likely N-dealkylation sites (tertiary alicyclic amines) is 1. The highest BCUT2D eigenvalue weighted by Crippen LogP contribution is 2.27. The summed E-state index contributed by atoms with van der Waals surface area (Å²) in [6.45, 7) is 7.85. The van der Waals surface area contributed by atoms with Gasteiger partial charge in [-0.15, -0.1) is 10.2 Å². The summed E-state index contributed by atoms with van der Waals surface area (Å²) in [5.41, 5.74) is 2.24. The van der Waals surface area contributed by atoms with E-state index in [4.69, 9.17) is 0 Å². The number of nitrogens with zero attached hydrogens (tertiary/aromatic N) is 7. The quantitative estimate of drug-likeness (QED) is 0.695. The molecule has 1 aliphatic rings. The summed E-state index contributed by atoms with van der Waals surface area (Å²) >= 11 is 0. The van der Waals surface area contributed by atoms with Gasteiger partial charge in [-0.25, -0.2) is 4.98 Å². The van der Waals surface area contributed by atoms with Gasteiger partial charge in [0.05, 0.1) is 12.2 Å². The molecule has 3 aromatic heterocycles. The molecule has 0 spiro atoms. The SMILES string of the molecule is Cc1cccc(CN2CCC(c3nnc(Cn4ccnc4C)n3C)CC2)n1. The molecule has 1 saturated heterocycles. The third-order valence-electron chi connectivity index (χ3n) is 5.52. The molecule has 7 heteroatoms. The van der Waals surface area contributed by atoms with Crippen LogP contribution in [0.2, 0.25) is 0 Å². The molecule has 0 saturated carbocycles. The van der Waals surface area contributed by atoms with Crippen molar-refractivity contribution in [3.05, 3.63) is 59.5 Å². The minimum absolute atomic E-state index is 0.474. The topological polar surface area (TPSA) is 64.7 Å². The van der Waals surface area contributed by atoms with Crippen LogP contribution in [-0.4, -0.2) is 47.3 Å². The van der Waals surface area contributed by atoms with Crippen molar-refractivity contribution in [2.24, 2.45) is 7.05 Å². The van der Waals surface area contributed by atoms with Gasteiger partial charge in [-0.3, -0.25) is 9.88 Å². The highest BCUT2D eigenvalue weighted by Gasteiger charge is 2.25. The zero-order valence-corrected chi connectivity index (χ0v) is 16.3. The van der Waals surface area contributed by atoms with E-state index in [0.29, 0.717) is 12.5 Å². The van der Waals surface area contributed by atoms with Crippen molar-refractivity contribution >= 4 is 0 Å². The molecule has 142 valence electrons. The fraction of sp³-hybridized carbons (Fsp3) is 0.500. The smallest absolute Gasteiger partial charge is 0.152 e. The summed E-state index contributed by atoms with van der Waals surface area (Å²) < 4.78 is 4.27. The summed E-state index contributed by atoms with van der Waals surface area (Å²) in [4.78, 5) is 11.4. The van der Waals surface area contributed by atoms with Crippen LogP contribution < -0.4 is 0 Å². The van der Waals surface area contributed by atoms with Crippen molar-refractivity contribution < 1.29 is 0 Å². The van der Waals surface area contributed by atoms with E-state index in [1.54, 1.807) is 0 Å². The number of hydrogen-bond donors (Lipinski definition) is 0. The van der Waals surface area contributed by atoms with Gasteiger partial charge in [0.2, 0.25) is 0 Å². The number of aryl methyl sites for hydroxylation is 2. The van der Waals surface area contributed by atoms with E-state index in [2.05, 4.69) is 53.4 Å². The summed E-state index contributed by atoms with van der Waals surface area (Å²) in [6, 6.07) is 6.26. The Balaban J connectivity index is 1.38. The third-order valence-corrected chi connectivity index (χ3v) is 5.52. The molecule has 1 aliphatic heterocycles. The molecular formula is C20H27N7. The van der Waals surface area contributed by atoms with Crippen LogP contribution in [0.3, 0.4) is 0 Å². The van der Waals surface area contributed by atoms with E-state index in [0.717, 1.165) is 61.3 Å². The van der Waals surface area contributed by atoms with Crippen LogP contribution in [0.5, 0.6) is 0 Å². The molecule has 4 heterocycles. The zero-order valence-electron chi connectivity index (χ0n) is 16.3. The number of imidazole rings is 1. The van der Waals surface area contributed by atoms with E-state index in [1.807, 2.05) is 32.3 Å². The van der Waals surface area contributed by atoms with Crippen LogP contribution in [0, 0.1) is 13.8 Å². The molecule has 0 radical (unpaired) electrons. The molecule has 0 unspecified atom stereocenters. The molecule has 1 fully saturated rings. The first kappa shape index (κ1) is 17.9. The van der Waals surface area contributed by atoms with E-state index in [9.17, 15) is 0 Å². The van der Waals surface area contributed by atoms with Crippen LogP contribution in [-0.2, 0) is 20.1 Å². The van der Waals surface area contributed by atoms with E-state index in [-0.39, 0.29) is 0 Å². The lowest BCUT2D eigenvalue weighted by Gasteiger charge is -2.31. The second-order valence-electron chi connectivity index (χ2n) is 7.46. The fourth-order valence-corrected chi connectivity index (χ4v) is 3.86. The van der Waals surface area contributed by atoms with Gasteiger partial charge in [-0.2, -0.15) is 0 Å². The minimum atomic E-state index is 0.474. The van der Waals surface area contributed by atoms with Crippen molar-refractivity contribution in [1.29, 1.82) is 0 Å². The molecule has 3 aromatic rings. The molecule has 4 rings (SSSR count). The standard InChI is InChI=1S/C20H27N7/c1-15-5-4-6-18(22-15)13-26-10-7-17(8-11-26)20-24-23-19(25(20)3)14-27-12-9-21-16(27)2/h4-6,9,12,17H,7-8,10-11,13-14H2,1-3H3. The number of aromatic nitrogens is 6. The third kappa shape index (κ3) is 3.93. The van der Waals surface area contributed by atoms with Crippen molar-refractivity contribution in [2.75, 3.05) is 13.1 Å². The Kier molecular flexibility index (Phi) is 5.03. The fourth-order valence-electron chi connectivity index (χ4n) is 3.86. The molecule has 0 N–H and O–H groups in total. The Bertz CT molecular complexity index is 903. The Morgan fingerprint density at radius 1 is 1.07 bits per heavy atom. The summed E-state index contributed by atoms with van der Waals surface area (Å²) in [6.07, 6.45) is 6.04. The van der Waals surface area contributed by atoms with Gasteiger partial charge in [-0.1, -0.05) is 6.07 Å². The minimum Gasteiger partial charge on any atom is -0.328 e. The maximum Gasteiger partial charge on any atom is 0.152 e. The molecule has 7 nitrogen and oxygen atoms in total. The van der Waals surface area contributed by atoms with Crippen molar-refractivity contribution in [3.8, 4) is 0 Å². The van der Waals surface area contributed by atoms with Crippen molar-refractivity contribution in [2.45, 2.75) is 45.7 Å². The Morgan fingerprint density at radius 3 is 2.59 bits per heavy atom. The molecule has 0 aromatic carbocycles. The number of hydrogen-bond acceptors (Lipinski definition) is 5. The lowest BCUT2D eigenvalue weighted by atomic mass is 9.96. The summed E-state index contributed by atoms with van der Waals surface area (Å²) in [5.74, 6) is 3.56. The number of piperidine rings is 1. The highest BCUT2D eigenvalue weighted by molar-refractivity contribution is 5.10. The number of rotatable bonds is 5. The van der Waals surface area contributed by atoms with Gasteiger partial charge in [0, 0.05) is 37.6 Å². The first-order valence-electron chi connectivity index (χ1n) is 9.61. The monoisotopic (exact) mass is 365 g/mol. The maximum atomic E-state index is 4.63. The second kappa shape index (κ2) is 7.60. The van der Waals surface area contributed by atoms with E-state index < -0.39 is 0 Å². The Labute approximate surface area is 160 Å². The molecule has 27 heavy (non-hydrogen) atoms. The van der Waals surface area contributed by atoms with Gasteiger partial charge in [0.15, 0.2) is 5.82 Å². The first-order chi connectivity index (χ1) is 13.1. The number of pyridine rings is 1. The van der Waals surface area contributed by atoms with Gasteiger partial charge < -0.3 is 9.13 Å². The van der Waals surface area contributed by atoms with Crippen LogP contribution in [0.4, 0.5) is 0 Å². The molecular weight excluding hydrogens is 338 g/mol. The summed E-state index contributed by atoms with van der Waals surface area (Å²) in [5, 5.41) is 8.96. The molecule has 0 atom stereocenters. The summed E-state index contributed by atoms with van der Waals surface area (Å²) in [7, 11) is 2.08. The van der Waals surface area contributed by atoms with Crippen LogP contribution in [0.25, 0.3) is 0 Å².